The van der Waals surface area contributed by atoms with Crippen LogP contribution in [0.2, 0.25) is 0 Å². The molecule has 0 bridgehead atoms. The maximum Gasteiger partial charge on any atom is 0.320 e. The third-order valence-corrected chi connectivity index (χ3v) is 11.1. The Morgan fingerprint density at radius 3 is 2.43 bits per heavy atom. The average molecular weight is 467 g/mol. The van der Waals surface area contributed by atoms with Gasteiger partial charge in [-0.05, 0) is 92.8 Å². The van der Waals surface area contributed by atoms with Crippen LogP contribution in [0.15, 0.2) is 0 Å². The molecular weight excluding hydrogens is 434 g/mol. The molecule has 4 fully saturated rings. The summed E-state index contributed by atoms with van der Waals surface area (Å²) in [6.07, 6.45) is 3.75. The van der Waals surface area contributed by atoms with Gasteiger partial charge in [-0.25, -0.2) is 8.78 Å². The molecule has 4 aliphatic rings. The Balaban J connectivity index is 1.46. The molecule has 9 heteroatoms. The first kappa shape index (κ1) is 22.9. The van der Waals surface area contributed by atoms with E-state index in [4.69, 9.17) is 4.55 Å². The second-order valence-electron chi connectivity index (χ2n) is 10.4. The molecule has 0 saturated heterocycles. The van der Waals surface area contributed by atoms with E-state index in [9.17, 15) is 27.1 Å². The van der Waals surface area contributed by atoms with Crippen molar-refractivity contribution in [3.63, 3.8) is 0 Å². The van der Waals surface area contributed by atoms with Crippen molar-refractivity contribution in [2.24, 2.45) is 40.9 Å². The van der Waals surface area contributed by atoms with Gasteiger partial charge in [0.15, 0.2) is 0 Å². The van der Waals surface area contributed by atoms with Gasteiger partial charge in [0.05, 0.1) is 5.75 Å². The summed E-state index contributed by atoms with van der Waals surface area (Å²) in [5.74, 6) is 1.43. The molecule has 2 N–H and O–H groups in total. The fourth-order valence-electron chi connectivity index (χ4n) is 7.87. The van der Waals surface area contributed by atoms with Gasteiger partial charge >= 0.3 is 9.15 Å². The number of hydrogen-bond acceptors (Lipinski definition) is 5. The van der Waals surface area contributed by atoms with Crippen molar-refractivity contribution in [3.8, 4) is 0 Å². The Kier molecular flexibility index (Phi) is 6.08. The van der Waals surface area contributed by atoms with E-state index in [0.717, 1.165) is 38.5 Å². The molecule has 3 unspecified atom stereocenters. The highest BCUT2D eigenvalue weighted by Gasteiger charge is 2.59. The molecule has 5 nitrogen and oxygen atoms in total. The number of halogens is 2. The number of aliphatic hydroxyl groups is 1. The van der Waals surface area contributed by atoms with Crippen molar-refractivity contribution in [2.75, 3.05) is 5.75 Å². The lowest BCUT2D eigenvalue weighted by Crippen LogP contribution is -2.53. The molecule has 0 heterocycles. The topological polar surface area (TPSA) is 91.7 Å². The summed E-state index contributed by atoms with van der Waals surface area (Å²) in [5, 5.41) is 10.3. The predicted molar refractivity (Wildman–Crippen MR) is 111 cm³/mol. The number of fused-ring (bicyclic) bond motifs is 5. The van der Waals surface area contributed by atoms with Gasteiger partial charge < -0.3 is 5.11 Å². The molecule has 4 aliphatic carbocycles. The Morgan fingerprint density at radius 2 is 1.77 bits per heavy atom. The van der Waals surface area contributed by atoms with Crippen LogP contribution >= 0.6 is 10.8 Å². The summed E-state index contributed by atoms with van der Waals surface area (Å²) in [7, 11) is -3.92. The van der Waals surface area contributed by atoms with Gasteiger partial charge in [-0.3, -0.25) is 9.35 Å². The van der Waals surface area contributed by atoms with Gasteiger partial charge in [-0.1, -0.05) is 6.92 Å². The first-order chi connectivity index (χ1) is 13.9. The number of carbonyl (C=O) groups is 1. The normalized spacial score (nSPS) is 46.2. The predicted octanol–water partition coefficient (Wildman–Crippen LogP) is 4.36. The molecule has 172 valence electrons. The highest BCUT2D eigenvalue weighted by atomic mass is 33.1. The molecule has 4 rings (SSSR count). The van der Waals surface area contributed by atoms with Crippen LogP contribution in [0.5, 0.6) is 0 Å². The molecule has 0 spiro atoms. The molecule has 8 atom stereocenters. The van der Waals surface area contributed by atoms with E-state index < -0.39 is 21.2 Å². The maximum absolute atomic E-state index is 13.3. The first-order valence-electron chi connectivity index (χ1n) is 11.1. The van der Waals surface area contributed by atoms with Crippen LogP contribution in [0, 0.1) is 40.9 Å². The molecule has 30 heavy (non-hydrogen) atoms. The zero-order valence-corrected chi connectivity index (χ0v) is 18.9. The number of carbonyl (C=O) groups excluding carboxylic acids is 1. The minimum absolute atomic E-state index is 0.0885. The van der Waals surface area contributed by atoms with Crippen LogP contribution < -0.4 is 0 Å². The number of rotatable bonds is 5. The van der Waals surface area contributed by atoms with Crippen LogP contribution in [-0.4, -0.2) is 41.6 Å². The van der Waals surface area contributed by atoms with Crippen LogP contribution in [0.4, 0.5) is 8.78 Å². The number of ketones is 1. The van der Waals surface area contributed by atoms with Crippen LogP contribution in [0.1, 0.15) is 64.7 Å². The SMILES string of the molecule is C[C@]12CCC3C(CC[C@@H]4C[C@@](O)(C(F)F)CC[C@H]34)C1CC[C@@H]2C(=O)CSS(=O)(=O)O. The molecule has 0 aromatic rings. The lowest BCUT2D eigenvalue weighted by Gasteiger charge is -2.57. The van der Waals surface area contributed by atoms with E-state index in [-0.39, 0.29) is 41.6 Å². The molecule has 0 aromatic heterocycles. The highest BCUT2D eigenvalue weighted by Crippen LogP contribution is 2.65. The van der Waals surface area contributed by atoms with Gasteiger partial charge in [-0.15, -0.1) is 0 Å². The van der Waals surface area contributed by atoms with Crippen molar-refractivity contribution in [1.82, 2.24) is 0 Å². The minimum atomic E-state index is -4.22. The Labute approximate surface area is 180 Å². The quantitative estimate of drug-likeness (QED) is 0.462. The molecule has 4 saturated carbocycles. The monoisotopic (exact) mass is 466 g/mol. The summed E-state index contributed by atoms with van der Waals surface area (Å²) < 4.78 is 57.7. The minimum Gasteiger partial charge on any atom is -0.384 e. The summed E-state index contributed by atoms with van der Waals surface area (Å²) in [6, 6.07) is 0. The molecule has 0 amide bonds. The lowest BCUT2D eigenvalue weighted by molar-refractivity contribution is -0.160. The van der Waals surface area contributed by atoms with Crippen molar-refractivity contribution >= 4 is 25.7 Å². The molecule has 0 aromatic carbocycles. The van der Waals surface area contributed by atoms with Crippen LogP contribution in [-0.2, 0) is 13.9 Å². The maximum atomic E-state index is 13.3. The van der Waals surface area contributed by atoms with Crippen molar-refractivity contribution in [2.45, 2.75) is 76.7 Å². The van der Waals surface area contributed by atoms with E-state index in [1.165, 1.54) is 0 Å². The smallest absolute Gasteiger partial charge is 0.320 e. The fraction of sp³-hybridized carbons (Fsp3) is 0.952. The number of Topliss-reactive ketones (excluding diaryl/α,β-unsaturated/α-hetero) is 1. The second kappa shape index (κ2) is 7.96. The summed E-state index contributed by atoms with van der Waals surface area (Å²) in [6.45, 7) is 2.17. The summed E-state index contributed by atoms with van der Waals surface area (Å²) in [4.78, 5) is 12.8. The standard InChI is InChI=1S/C21H32F2O5S2/c1-20-8-6-14-13-7-9-21(25,19(22)23)10-12(13)2-3-15(14)16(20)4-5-17(20)18(24)11-29-30(26,27)28/h12-17,19,25H,2-11H2,1H3,(H,26,27,28)/t12-,13+,14?,15?,16?,17-,20+,21-/m1/s1. The first-order valence-corrected chi connectivity index (χ1v) is 14.0. The van der Waals surface area contributed by atoms with Gasteiger partial charge in [0.1, 0.15) is 11.4 Å². The summed E-state index contributed by atoms with van der Waals surface area (Å²) in [5.41, 5.74) is -1.98. The zero-order chi connectivity index (χ0) is 21.9. The fourth-order valence-corrected chi connectivity index (χ4v) is 9.13. The third-order valence-electron chi connectivity index (χ3n) is 9.19. The second-order valence-corrected chi connectivity index (χ2v) is 13.8. The van der Waals surface area contributed by atoms with Crippen molar-refractivity contribution < 1.29 is 31.7 Å². The third kappa shape index (κ3) is 3.97. The summed E-state index contributed by atoms with van der Waals surface area (Å²) >= 11 is 0. The van der Waals surface area contributed by atoms with E-state index >= 15 is 0 Å². The number of hydrogen-bond donors (Lipinski definition) is 2. The Morgan fingerprint density at radius 1 is 1.07 bits per heavy atom. The molecule has 0 radical (unpaired) electrons. The van der Waals surface area contributed by atoms with E-state index in [0.29, 0.717) is 40.9 Å². The Hall–Kier alpha value is -0.250. The zero-order valence-electron chi connectivity index (χ0n) is 17.3. The lowest BCUT2D eigenvalue weighted by atomic mass is 9.49. The highest BCUT2D eigenvalue weighted by molar-refractivity contribution is 8.70. The molecular formula is C21H32F2O5S2. The largest absolute Gasteiger partial charge is 0.384 e. The van der Waals surface area contributed by atoms with E-state index in [2.05, 4.69) is 6.92 Å². The van der Waals surface area contributed by atoms with Gasteiger partial charge in [0.25, 0.3) is 6.43 Å². The average Bonchev–Trinajstić information content (AvgIpc) is 3.02. The van der Waals surface area contributed by atoms with Gasteiger partial charge in [0, 0.05) is 16.7 Å². The van der Waals surface area contributed by atoms with Crippen molar-refractivity contribution in [3.05, 3.63) is 0 Å². The van der Waals surface area contributed by atoms with Gasteiger partial charge in [-0.2, -0.15) is 8.42 Å². The Bertz CT molecular complexity index is 790. The molecule has 0 aliphatic heterocycles. The van der Waals surface area contributed by atoms with E-state index in [1.807, 2.05) is 0 Å². The van der Waals surface area contributed by atoms with Crippen molar-refractivity contribution in [1.29, 1.82) is 0 Å². The van der Waals surface area contributed by atoms with Crippen LogP contribution in [0.3, 0.4) is 0 Å². The van der Waals surface area contributed by atoms with Crippen LogP contribution in [0.25, 0.3) is 0 Å². The number of alkyl halides is 2. The van der Waals surface area contributed by atoms with Gasteiger partial charge in [0.2, 0.25) is 0 Å². The van der Waals surface area contributed by atoms with E-state index in [1.54, 1.807) is 0 Å².